The highest BCUT2D eigenvalue weighted by molar-refractivity contribution is 8.00. The molecule has 0 spiro atoms. The minimum atomic E-state index is -0.230. The third-order valence-corrected chi connectivity index (χ3v) is 5.95. The van der Waals surface area contributed by atoms with E-state index < -0.39 is 0 Å². The van der Waals surface area contributed by atoms with Gasteiger partial charge in [-0.15, -0.1) is 11.8 Å². The number of thioether (sulfide) groups is 1. The molecule has 1 unspecified atom stereocenters. The number of benzene rings is 2. The molecule has 1 atom stereocenters. The predicted molar refractivity (Wildman–Crippen MR) is 110 cm³/mol. The molecule has 2 aromatic carbocycles. The summed E-state index contributed by atoms with van der Waals surface area (Å²) in [5.74, 6) is 0.148. The van der Waals surface area contributed by atoms with E-state index in [0.717, 1.165) is 40.8 Å². The monoisotopic (exact) mass is 398 g/mol. The van der Waals surface area contributed by atoms with E-state index in [1.165, 1.54) is 17.8 Å². The van der Waals surface area contributed by atoms with E-state index in [2.05, 4.69) is 22.0 Å². The summed E-state index contributed by atoms with van der Waals surface area (Å²) in [6.07, 6.45) is 4.29. The minimum Gasteiger partial charge on any atom is -0.376 e. The highest BCUT2D eigenvalue weighted by Gasteiger charge is 2.16. The lowest BCUT2D eigenvalue weighted by molar-refractivity contribution is -0.119. The van der Waals surface area contributed by atoms with Gasteiger partial charge < -0.3 is 14.6 Å². The number of carbonyl (C=O) groups is 1. The first-order valence-electron chi connectivity index (χ1n) is 9.52. The van der Waals surface area contributed by atoms with E-state index in [4.69, 9.17) is 4.74 Å². The molecule has 0 aliphatic carbocycles. The van der Waals surface area contributed by atoms with Crippen LogP contribution in [0.25, 0.3) is 10.9 Å². The third-order valence-electron chi connectivity index (χ3n) is 4.90. The molecule has 0 radical (unpaired) electrons. The fourth-order valence-electron chi connectivity index (χ4n) is 3.52. The van der Waals surface area contributed by atoms with Gasteiger partial charge in [-0.05, 0) is 36.6 Å². The number of aromatic nitrogens is 1. The molecule has 0 bridgehead atoms. The number of hydrogen-bond acceptors (Lipinski definition) is 3. The van der Waals surface area contributed by atoms with E-state index in [1.54, 1.807) is 12.1 Å². The molecular weight excluding hydrogens is 375 g/mol. The molecule has 0 saturated carbocycles. The van der Waals surface area contributed by atoms with E-state index in [9.17, 15) is 9.18 Å². The van der Waals surface area contributed by atoms with Gasteiger partial charge in [-0.3, -0.25) is 4.79 Å². The molecule has 1 N–H and O–H groups in total. The van der Waals surface area contributed by atoms with Gasteiger partial charge in [0.2, 0.25) is 5.91 Å². The van der Waals surface area contributed by atoms with Gasteiger partial charge in [0.05, 0.1) is 11.9 Å². The van der Waals surface area contributed by atoms with Gasteiger partial charge in [0.25, 0.3) is 0 Å². The Morgan fingerprint density at radius 1 is 1.25 bits per heavy atom. The van der Waals surface area contributed by atoms with E-state index in [0.29, 0.717) is 18.8 Å². The molecule has 4 nitrogen and oxygen atoms in total. The predicted octanol–water partition coefficient (Wildman–Crippen LogP) is 4.22. The first-order valence-corrected chi connectivity index (χ1v) is 10.5. The lowest BCUT2D eigenvalue weighted by Gasteiger charge is -2.10. The molecule has 2 heterocycles. The number of nitrogens with one attached hydrogen (secondary N) is 1. The second kappa shape index (κ2) is 8.80. The maximum Gasteiger partial charge on any atom is 0.230 e. The summed E-state index contributed by atoms with van der Waals surface area (Å²) in [6.45, 7) is 1.96. The van der Waals surface area contributed by atoms with Crippen LogP contribution in [0, 0.1) is 5.82 Å². The molecule has 28 heavy (non-hydrogen) atoms. The van der Waals surface area contributed by atoms with Crippen LogP contribution in [0.4, 0.5) is 4.39 Å². The van der Waals surface area contributed by atoms with Crippen LogP contribution in [0.1, 0.15) is 18.4 Å². The molecule has 1 aromatic heterocycles. The Kier molecular flexibility index (Phi) is 5.98. The topological polar surface area (TPSA) is 43.3 Å². The van der Waals surface area contributed by atoms with Crippen molar-refractivity contribution in [3.63, 3.8) is 0 Å². The van der Waals surface area contributed by atoms with Gasteiger partial charge in [0, 0.05) is 41.7 Å². The molecular formula is C22H23FN2O2S. The molecule has 1 saturated heterocycles. The zero-order valence-corrected chi connectivity index (χ0v) is 16.4. The normalized spacial score (nSPS) is 16.5. The quantitative estimate of drug-likeness (QED) is 0.606. The number of amides is 1. The highest BCUT2D eigenvalue weighted by Crippen LogP contribution is 2.30. The van der Waals surface area contributed by atoms with Crippen LogP contribution >= 0.6 is 11.8 Å². The van der Waals surface area contributed by atoms with Crippen molar-refractivity contribution >= 4 is 28.6 Å². The zero-order valence-electron chi connectivity index (χ0n) is 15.6. The Balaban J connectivity index is 1.44. The van der Waals surface area contributed by atoms with Crippen LogP contribution in [0.2, 0.25) is 0 Å². The lowest BCUT2D eigenvalue weighted by Crippen LogP contribution is -2.32. The second-order valence-corrected chi connectivity index (χ2v) is 8.01. The Bertz CT molecular complexity index is 966. The first kappa shape index (κ1) is 19.0. The van der Waals surface area contributed by atoms with Crippen molar-refractivity contribution in [3.8, 4) is 0 Å². The Labute approximate surface area is 168 Å². The van der Waals surface area contributed by atoms with Crippen molar-refractivity contribution in [3.05, 3.63) is 66.1 Å². The van der Waals surface area contributed by atoms with Gasteiger partial charge in [0.1, 0.15) is 5.82 Å². The van der Waals surface area contributed by atoms with Crippen molar-refractivity contribution < 1.29 is 13.9 Å². The zero-order chi connectivity index (χ0) is 19.3. The molecule has 146 valence electrons. The molecule has 1 aliphatic rings. The maximum absolute atomic E-state index is 13.5. The minimum absolute atomic E-state index is 0.0162. The number of carbonyl (C=O) groups excluding carboxylic acids is 1. The summed E-state index contributed by atoms with van der Waals surface area (Å²) in [5, 5.41) is 4.07. The summed E-state index contributed by atoms with van der Waals surface area (Å²) >= 11 is 1.53. The Morgan fingerprint density at radius 3 is 2.96 bits per heavy atom. The number of ether oxygens (including phenoxy) is 1. The van der Waals surface area contributed by atoms with Gasteiger partial charge in [0.15, 0.2) is 0 Å². The number of fused-ring (bicyclic) bond motifs is 1. The smallest absolute Gasteiger partial charge is 0.230 e. The summed E-state index contributed by atoms with van der Waals surface area (Å²) in [4.78, 5) is 13.3. The maximum atomic E-state index is 13.5. The van der Waals surface area contributed by atoms with Crippen LogP contribution in [0.15, 0.2) is 59.6 Å². The average Bonchev–Trinajstić information content (AvgIpc) is 3.33. The van der Waals surface area contributed by atoms with Crippen molar-refractivity contribution in [2.24, 2.45) is 0 Å². The van der Waals surface area contributed by atoms with Gasteiger partial charge in [-0.2, -0.15) is 0 Å². The van der Waals surface area contributed by atoms with Crippen molar-refractivity contribution in [1.29, 1.82) is 0 Å². The summed E-state index contributed by atoms with van der Waals surface area (Å²) in [6, 6.07) is 14.8. The highest BCUT2D eigenvalue weighted by atomic mass is 32.2. The number of nitrogens with zero attached hydrogens (tertiary/aromatic N) is 1. The summed E-state index contributed by atoms with van der Waals surface area (Å²) in [5.41, 5.74) is 1.99. The third kappa shape index (κ3) is 4.56. The van der Waals surface area contributed by atoms with Gasteiger partial charge >= 0.3 is 0 Å². The van der Waals surface area contributed by atoms with Crippen LogP contribution in [0.3, 0.4) is 0 Å². The molecule has 1 fully saturated rings. The molecule has 1 amide bonds. The molecule has 1 aliphatic heterocycles. The van der Waals surface area contributed by atoms with E-state index in [-0.39, 0.29) is 17.8 Å². The Morgan fingerprint density at radius 2 is 2.14 bits per heavy atom. The first-order chi connectivity index (χ1) is 13.7. The van der Waals surface area contributed by atoms with E-state index >= 15 is 0 Å². The summed E-state index contributed by atoms with van der Waals surface area (Å²) < 4.78 is 21.2. The molecule has 3 aromatic rings. The fraction of sp³-hybridized carbons (Fsp3) is 0.318. The number of hydrogen-bond donors (Lipinski definition) is 1. The molecule has 4 rings (SSSR count). The fourth-order valence-corrected chi connectivity index (χ4v) is 4.44. The largest absolute Gasteiger partial charge is 0.376 e. The Hall–Kier alpha value is -2.31. The summed E-state index contributed by atoms with van der Waals surface area (Å²) in [7, 11) is 0. The van der Waals surface area contributed by atoms with Crippen LogP contribution < -0.4 is 5.32 Å². The average molecular weight is 399 g/mol. The standard InChI is InChI=1S/C22H23FN2O2S/c23-17-6-3-5-16(11-17)13-25-14-21(19-8-1-2-9-20(19)25)28-15-22(26)24-12-18-7-4-10-27-18/h1-3,5-6,8-9,11,14,18H,4,7,10,12-13,15H2,(H,24,26). The number of para-hydroxylation sites is 1. The second-order valence-electron chi connectivity index (χ2n) is 7.00. The van der Waals surface area contributed by atoms with Crippen LogP contribution in [-0.2, 0) is 16.1 Å². The number of halogens is 1. The number of rotatable bonds is 7. The molecule has 6 heteroatoms. The van der Waals surface area contributed by atoms with Crippen LogP contribution in [-0.4, -0.2) is 35.5 Å². The van der Waals surface area contributed by atoms with Crippen molar-refractivity contribution in [2.45, 2.75) is 30.4 Å². The van der Waals surface area contributed by atoms with Crippen molar-refractivity contribution in [2.75, 3.05) is 18.9 Å². The van der Waals surface area contributed by atoms with Gasteiger partial charge in [-0.25, -0.2) is 4.39 Å². The van der Waals surface area contributed by atoms with E-state index in [1.807, 2.05) is 24.4 Å². The van der Waals surface area contributed by atoms with Gasteiger partial charge in [-0.1, -0.05) is 30.3 Å². The van der Waals surface area contributed by atoms with Crippen molar-refractivity contribution in [1.82, 2.24) is 9.88 Å². The van der Waals surface area contributed by atoms with Crippen LogP contribution in [0.5, 0.6) is 0 Å². The lowest BCUT2D eigenvalue weighted by atomic mass is 10.2. The SMILES string of the molecule is O=C(CSc1cn(Cc2cccc(F)c2)c2ccccc12)NCC1CCCO1.